The molecule has 0 radical (unpaired) electrons. The minimum Gasteiger partial charge on any atom is -0.756 e. The van der Waals surface area contributed by atoms with Crippen molar-refractivity contribution in [3.8, 4) is 0 Å². The van der Waals surface area contributed by atoms with Crippen LogP contribution in [0.2, 0.25) is 0 Å². The highest BCUT2D eigenvalue weighted by Crippen LogP contribution is 2.38. The van der Waals surface area contributed by atoms with Crippen LogP contribution in [0.5, 0.6) is 0 Å². The number of carbonyl (C=O) groups is 1. The number of aliphatic hydroxyl groups is 1. The lowest BCUT2D eigenvalue weighted by atomic mass is 10.0. The SMILES string of the molecule is CCCCCCCCCC/C=C\CCCCCCCCCCCCCCCCCCCCCCCCCCCC(=O)NC(COP(=O)([O-])OCC[N+](C)(C)C)C(O)CCCCCCCCCCCC. The molecule has 0 saturated heterocycles. The number of allylic oxidation sites excluding steroid dienone is 2. The molecule has 3 atom stereocenters. The van der Waals surface area contributed by atoms with Crippen LogP contribution in [0.4, 0.5) is 0 Å². The second-order valence-corrected chi connectivity index (χ2v) is 23.8. The summed E-state index contributed by atoms with van der Waals surface area (Å²) in [7, 11) is 1.32. The molecular weight excluding hydrogens is 876 g/mol. The molecule has 3 unspecified atom stereocenters. The van der Waals surface area contributed by atoms with Crippen LogP contribution in [-0.2, 0) is 18.4 Å². The molecule has 9 heteroatoms. The molecule has 0 spiro atoms. The molecule has 0 aromatic rings. The number of hydrogen-bond donors (Lipinski definition) is 2. The number of carbonyl (C=O) groups excluding carboxylic acids is 1. The molecule has 0 aliphatic heterocycles. The lowest BCUT2D eigenvalue weighted by molar-refractivity contribution is -0.870. The summed E-state index contributed by atoms with van der Waals surface area (Å²) < 4.78 is 23.3. The summed E-state index contributed by atoms with van der Waals surface area (Å²) in [6.45, 7) is 4.74. The first kappa shape index (κ1) is 68.2. The Balaban J connectivity index is 3.80. The zero-order valence-corrected chi connectivity index (χ0v) is 47.9. The van der Waals surface area contributed by atoms with Gasteiger partial charge < -0.3 is 28.8 Å². The van der Waals surface area contributed by atoms with Crippen LogP contribution in [0.25, 0.3) is 0 Å². The van der Waals surface area contributed by atoms with Gasteiger partial charge in [0.2, 0.25) is 5.91 Å². The van der Waals surface area contributed by atoms with Crippen molar-refractivity contribution in [3.63, 3.8) is 0 Å². The predicted molar refractivity (Wildman–Crippen MR) is 298 cm³/mol. The van der Waals surface area contributed by atoms with E-state index in [2.05, 4.69) is 31.3 Å². The number of rotatable bonds is 57. The van der Waals surface area contributed by atoms with Gasteiger partial charge in [-0.3, -0.25) is 9.36 Å². The van der Waals surface area contributed by atoms with Crippen LogP contribution in [0.1, 0.15) is 316 Å². The number of amides is 1. The molecule has 0 aliphatic carbocycles. The van der Waals surface area contributed by atoms with Crippen LogP contribution in [0.3, 0.4) is 0 Å². The Kier molecular flexibility index (Phi) is 51.5. The fourth-order valence-corrected chi connectivity index (χ4v) is 10.2. The van der Waals surface area contributed by atoms with Crippen molar-refractivity contribution in [2.75, 3.05) is 40.9 Å². The number of phosphoric acid groups is 1. The molecule has 0 fully saturated rings. The van der Waals surface area contributed by atoms with Crippen LogP contribution >= 0.6 is 7.82 Å². The molecule has 0 aromatic heterocycles. The predicted octanol–water partition coefficient (Wildman–Crippen LogP) is 18.0. The third-order valence-corrected chi connectivity index (χ3v) is 15.2. The Morgan fingerprint density at radius 3 is 1.13 bits per heavy atom. The van der Waals surface area contributed by atoms with E-state index < -0.39 is 20.0 Å². The summed E-state index contributed by atoms with van der Waals surface area (Å²) in [5.74, 6) is -0.160. The Hall–Kier alpha value is -0.760. The molecule has 0 rings (SSSR count). The van der Waals surface area contributed by atoms with E-state index >= 15 is 0 Å². The second kappa shape index (κ2) is 52.1. The topological polar surface area (TPSA) is 108 Å². The molecule has 0 saturated carbocycles. The highest BCUT2D eigenvalue weighted by Gasteiger charge is 2.24. The molecule has 0 heterocycles. The fourth-order valence-electron chi connectivity index (χ4n) is 9.45. The summed E-state index contributed by atoms with van der Waals surface area (Å²) in [5, 5.41) is 13.9. The van der Waals surface area contributed by atoms with Crippen molar-refractivity contribution in [2.45, 2.75) is 328 Å². The minimum absolute atomic E-state index is 0.0154. The van der Waals surface area contributed by atoms with Gasteiger partial charge in [-0.25, -0.2) is 0 Å². The van der Waals surface area contributed by atoms with Crippen LogP contribution in [0, 0.1) is 0 Å². The molecule has 412 valence electrons. The van der Waals surface area contributed by atoms with E-state index in [-0.39, 0.29) is 19.1 Å². The van der Waals surface area contributed by atoms with E-state index in [1.165, 1.54) is 250 Å². The van der Waals surface area contributed by atoms with Crippen molar-refractivity contribution >= 4 is 13.7 Å². The van der Waals surface area contributed by atoms with Gasteiger partial charge in [0, 0.05) is 6.42 Å². The standard InChI is InChI=1S/C60H121N2O6P/c1-6-8-10-12-14-16-18-19-20-21-22-23-24-25-26-27-28-29-30-31-32-33-34-35-36-37-38-39-40-41-42-43-44-46-48-50-52-54-60(64)61-58(57-68-69(65,66)67-56-55-62(3,4)5)59(63)53-51-49-47-45-17-15-13-11-9-7-2/h21-22,58-59,63H,6-20,23-57H2,1-5H3,(H-,61,64,65,66)/b22-21-. The average Bonchev–Trinajstić information content (AvgIpc) is 3.31. The largest absolute Gasteiger partial charge is 0.756 e. The highest BCUT2D eigenvalue weighted by atomic mass is 31.2. The first-order valence-electron chi connectivity index (χ1n) is 30.5. The maximum atomic E-state index is 12.9. The monoisotopic (exact) mass is 997 g/mol. The van der Waals surface area contributed by atoms with E-state index in [0.29, 0.717) is 23.9 Å². The third-order valence-electron chi connectivity index (χ3n) is 14.3. The van der Waals surface area contributed by atoms with E-state index in [9.17, 15) is 19.4 Å². The fraction of sp³-hybridized carbons (Fsp3) is 0.950. The lowest BCUT2D eigenvalue weighted by Crippen LogP contribution is -2.46. The molecule has 2 N–H and O–H groups in total. The zero-order valence-electron chi connectivity index (χ0n) is 47.0. The molecular formula is C60H121N2O6P. The maximum absolute atomic E-state index is 12.9. The number of likely N-dealkylation sites (N-methyl/N-ethyl adjacent to an activating group) is 1. The Bertz CT molecular complexity index is 1130. The van der Waals surface area contributed by atoms with Gasteiger partial charge in [-0.15, -0.1) is 0 Å². The quantitative estimate of drug-likeness (QED) is 0.0272. The molecule has 0 aromatic carbocycles. The van der Waals surface area contributed by atoms with Gasteiger partial charge in [0.25, 0.3) is 7.82 Å². The maximum Gasteiger partial charge on any atom is 0.268 e. The number of aliphatic hydroxyl groups excluding tert-OH is 1. The van der Waals surface area contributed by atoms with Crippen LogP contribution < -0.4 is 10.2 Å². The van der Waals surface area contributed by atoms with Crippen molar-refractivity contribution < 1.29 is 32.9 Å². The zero-order chi connectivity index (χ0) is 50.6. The number of unbranched alkanes of at least 4 members (excludes halogenated alkanes) is 42. The van der Waals surface area contributed by atoms with Crippen molar-refractivity contribution in [2.24, 2.45) is 0 Å². The summed E-state index contributed by atoms with van der Waals surface area (Å²) in [4.78, 5) is 25.4. The average molecular weight is 998 g/mol. The normalized spacial score (nSPS) is 13.9. The third kappa shape index (κ3) is 54.8. The molecule has 69 heavy (non-hydrogen) atoms. The van der Waals surface area contributed by atoms with Gasteiger partial charge in [0.1, 0.15) is 13.2 Å². The van der Waals surface area contributed by atoms with Crippen LogP contribution in [-0.4, -0.2) is 68.5 Å². The number of hydrogen-bond acceptors (Lipinski definition) is 6. The summed E-state index contributed by atoms with van der Waals surface area (Å²) in [6, 6.07) is -0.794. The highest BCUT2D eigenvalue weighted by molar-refractivity contribution is 7.45. The first-order chi connectivity index (χ1) is 33.5. The Morgan fingerprint density at radius 2 is 0.797 bits per heavy atom. The number of nitrogens with zero attached hydrogens (tertiary/aromatic N) is 1. The Morgan fingerprint density at radius 1 is 0.493 bits per heavy atom. The second-order valence-electron chi connectivity index (χ2n) is 22.4. The van der Waals surface area contributed by atoms with Gasteiger partial charge in [0.05, 0.1) is 39.9 Å². The number of phosphoric ester groups is 1. The molecule has 0 bridgehead atoms. The number of nitrogens with one attached hydrogen (secondary N) is 1. The van der Waals surface area contributed by atoms with Crippen molar-refractivity contribution in [1.82, 2.24) is 5.32 Å². The summed E-state index contributed by atoms with van der Waals surface area (Å²) >= 11 is 0. The molecule has 8 nitrogen and oxygen atoms in total. The van der Waals surface area contributed by atoms with Crippen molar-refractivity contribution in [3.05, 3.63) is 12.2 Å². The lowest BCUT2D eigenvalue weighted by Gasteiger charge is -2.30. The van der Waals surface area contributed by atoms with E-state index in [4.69, 9.17) is 9.05 Å². The van der Waals surface area contributed by atoms with E-state index in [1.807, 2.05) is 21.1 Å². The minimum atomic E-state index is -4.56. The van der Waals surface area contributed by atoms with Gasteiger partial charge in [-0.1, -0.05) is 283 Å². The van der Waals surface area contributed by atoms with Gasteiger partial charge >= 0.3 is 0 Å². The smallest absolute Gasteiger partial charge is 0.268 e. The van der Waals surface area contributed by atoms with Crippen LogP contribution in [0.15, 0.2) is 12.2 Å². The van der Waals surface area contributed by atoms with Crippen molar-refractivity contribution in [1.29, 1.82) is 0 Å². The Labute approximate surface area is 431 Å². The van der Waals surface area contributed by atoms with Gasteiger partial charge in [-0.05, 0) is 38.5 Å². The summed E-state index contributed by atoms with van der Waals surface area (Å²) in [6.07, 6.45) is 64.4. The van der Waals surface area contributed by atoms with Gasteiger partial charge in [0.15, 0.2) is 0 Å². The van der Waals surface area contributed by atoms with E-state index in [1.54, 1.807) is 0 Å². The summed E-state index contributed by atoms with van der Waals surface area (Å²) in [5.41, 5.74) is 0. The number of quaternary nitrogens is 1. The van der Waals surface area contributed by atoms with E-state index in [0.717, 1.165) is 38.5 Å². The molecule has 0 aliphatic rings. The first-order valence-corrected chi connectivity index (χ1v) is 32.0. The molecule has 1 amide bonds. The van der Waals surface area contributed by atoms with Gasteiger partial charge in [-0.2, -0.15) is 0 Å².